The third-order valence-electron chi connectivity index (χ3n) is 3.06. The van der Waals surface area contributed by atoms with Crippen molar-refractivity contribution < 1.29 is 13.9 Å². The number of hydrogen-bond acceptors (Lipinski definition) is 4. The second-order valence-electron chi connectivity index (χ2n) is 4.68. The molecule has 21 heavy (non-hydrogen) atoms. The second kappa shape index (κ2) is 5.71. The lowest BCUT2D eigenvalue weighted by atomic mass is 10.2. The van der Waals surface area contributed by atoms with E-state index in [0.29, 0.717) is 30.4 Å². The van der Waals surface area contributed by atoms with Crippen LogP contribution in [0.4, 0.5) is 15.8 Å². The Balaban J connectivity index is 1.87. The summed E-state index contributed by atoms with van der Waals surface area (Å²) in [5, 5.41) is 11.9. The highest BCUT2D eigenvalue weighted by Crippen LogP contribution is 2.33. The standard InChI is InChI=1S/C16H13FN2O2/c17-12-6-11(10-18)7-14(8-12)19-13-2-3-15-16(9-13)21-5-1-4-20-15/h2-3,6-9,19H,1,4-5H2. The molecule has 1 aliphatic rings. The number of benzene rings is 2. The third kappa shape index (κ3) is 3.06. The van der Waals surface area contributed by atoms with E-state index >= 15 is 0 Å². The molecule has 0 unspecified atom stereocenters. The SMILES string of the molecule is N#Cc1cc(F)cc(Nc2ccc3c(c2)OCCCO3)c1. The Hall–Kier alpha value is -2.74. The molecule has 1 N–H and O–H groups in total. The molecule has 0 radical (unpaired) electrons. The average Bonchev–Trinajstić information content (AvgIpc) is 2.71. The highest BCUT2D eigenvalue weighted by atomic mass is 19.1. The topological polar surface area (TPSA) is 54.3 Å². The van der Waals surface area contributed by atoms with E-state index in [0.717, 1.165) is 12.1 Å². The van der Waals surface area contributed by atoms with Crippen molar-refractivity contribution in [3.05, 3.63) is 47.8 Å². The van der Waals surface area contributed by atoms with E-state index in [1.807, 2.05) is 18.2 Å². The van der Waals surface area contributed by atoms with Crippen molar-refractivity contribution in [2.24, 2.45) is 0 Å². The summed E-state index contributed by atoms with van der Waals surface area (Å²) in [7, 11) is 0. The summed E-state index contributed by atoms with van der Waals surface area (Å²) in [5.41, 5.74) is 1.53. The maximum Gasteiger partial charge on any atom is 0.163 e. The molecule has 106 valence electrons. The Morgan fingerprint density at radius 1 is 1.00 bits per heavy atom. The molecule has 0 fully saturated rings. The van der Waals surface area contributed by atoms with Crippen LogP contribution in [0.15, 0.2) is 36.4 Å². The van der Waals surface area contributed by atoms with Gasteiger partial charge in [0.05, 0.1) is 24.8 Å². The number of nitriles is 1. The number of nitrogens with zero attached hydrogens (tertiary/aromatic N) is 1. The first-order chi connectivity index (χ1) is 10.2. The molecule has 1 aliphatic heterocycles. The monoisotopic (exact) mass is 284 g/mol. The van der Waals surface area contributed by atoms with Crippen molar-refractivity contribution in [3.8, 4) is 17.6 Å². The van der Waals surface area contributed by atoms with Crippen molar-refractivity contribution in [1.29, 1.82) is 5.26 Å². The predicted octanol–water partition coefficient (Wildman–Crippen LogP) is 3.60. The van der Waals surface area contributed by atoms with Crippen LogP contribution in [0.2, 0.25) is 0 Å². The first-order valence-electron chi connectivity index (χ1n) is 6.62. The zero-order chi connectivity index (χ0) is 14.7. The maximum absolute atomic E-state index is 13.4. The number of anilines is 2. The summed E-state index contributed by atoms with van der Waals surface area (Å²) in [6, 6.07) is 11.5. The summed E-state index contributed by atoms with van der Waals surface area (Å²) in [6.07, 6.45) is 0.840. The van der Waals surface area contributed by atoms with E-state index in [4.69, 9.17) is 14.7 Å². The van der Waals surface area contributed by atoms with Gasteiger partial charge in [0.1, 0.15) is 5.82 Å². The number of nitrogens with one attached hydrogen (secondary N) is 1. The molecule has 0 spiro atoms. The van der Waals surface area contributed by atoms with Gasteiger partial charge >= 0.3 is 0 Å². The van der Waals surface area contributed by atoms with E-state index in [1.165, 1.54) is 12.1 Å². The minimum absolute atomic E-state index is 0.270. The molecule has 1 heterocycles. The van der Waals surface area contributed by atoms with Gasteiger partial charge in [0.15, 0.2) is 11.5 Å². The van der Waals surface area contributed by atoms with Crippen molar-refractivity contribution in [2.45, 2.75) is 6.42 Å². The zero-order valence-corrected chi connectivity index (χ0v) is 11.2. The number of hydrogen-bond donors (Lipinski definition) is 1. The van der Waals surface area contributed by atoms with E-state index in [1.54, 1.807) is 12.1 Å². The number of ether oxygens (including phenoxy) is 2. The van der Waals surface area contributed by atoms with E-state index in [2.05, 4.69) is 5.32 Å². The minimum atomic E-state index is -0.453. The molecular formula is C16H13FN2O2. The highest BCUT2D eigenvalue weighted by molar-refractivity contribution is 5.64. The molecule has 5 heteroatoms. The van der Waals surface area contributed by atoms with Gasteiger partial charge in [-0.25, -0.2) is 4.39 Å². The largest absolute Gasteiger partial charge is 0.490 e. The van der Waals surface area contributed by atoms with Gasteiger partial charge in [0.2, 0.25) is 0 Å². The van der Waals surface area contributed by atoms with Crippen molar-refractivity contribution in [2.75, 3.05) is 18.5 Å². The lowest BCUT2D eigenvalue weighted by molar-refractivity contribution is 0.297. The van der Waals surface area contributed by atoms with Crippen LogP contribution in [-0.4, -0.2) is 13.2 Å². The van der Waals surface area contributed by atoms with Crippen molar-refractivity contribution in [3.63, 3.8) is 0 Å². The summed E-state index contributed by atoms with van der Waals surface area (Å²) in [4.78, 5) is 0. The first-order valence-corrected chi connectivity index (χ1v) is 6.62. The predicted molar refractivity (Wildman–Crippen MR) is 76.4 cm³/mol. The summed E-state index contributed by atoms with van der Waals surface area (Å²) >= 11 is 0. The summed E-state index contributed by atoms with van der Waals surface area (Å²) in [6.45, 7) is 1.24. The molecule has 4 nitrogen and oxygen atoms in total. The van der Waals surface area contributed by atoms with Crippen molar-refractivity contribution in [1.82, 2.24) is 0 Å². The molecule has 0 aromatic heterocycles. The van der Waals surface area contributed by atoms with Crippen molar-refractivity contribution >= 4 is 11.4 Å². The van der Waals surface area contributed by atoms with Crippen LogP contribution in [0.25, 0.3) is 0 Å². The Morgan fingerprint density at radius 3 is 2.62 bits per heavy atom. The van der Waals surface area contributed by atoms with Crippen LogP contribution in [0.1, 0.15) is 12.0 Å². The Labute approximate surface area is 121 Å². The normalized spacial score (nSPS) is 13.1. The van der Waals surface area contributed by atoms with Gasteiger partial charge in [0.25, 0.3) is 0 Å². The first kappa shape index (κ1) is 13.3. The van der Waals surface area contributed by atoms with Gasteiger partial charge in [-0.3, -0.25) is 0 Å². The molecule has 2 aromatic carbocycles. The van der Waals surface area contributed by atoms with Gasteiger partial charge in [-0.05, 0) is 30.3 Å². The molecule has 0 saturated carbocycles. The van der Waals surface area contributed by atoms with Gasteiger partial charge in [0, 0.05) is 23.9 Å². The Kier molecular flexibility index (Phi) is 3.61. The van der Waals surface area contributed by atoms with Gasteiger partial charge in [-0.2, -0.15) is 5.26 Å². The van der Waals surface area contributed by atoms with Gasteiger partial charge < -0.3 is 14.8 Å². The van der Waals surface area contributed by atoms with Crippen LogP contribution in [0.5, 0.6) is 11.5 Å². The number of fused-ring (bicyclic) bond motifs is 1. The molecule has 0 aliphatic carbocycles. The summed E-state index contributed by atoms with van der Waals surface area (Å²) < 4.78 is 24.6. The number of rotatable bonds is 2. The molecule has 0 amide bonds. The lowest BCUT2D eigenvalue weighted by Gasteiger charge is -2.11. The number of halogens is 1. The quantitative estimate of drug-likeness (QED) is 0.915. The molecule has 3 rings (SSSR count). The molecular weight excluding hydrogens is 271 g/mol. The second-order valence-corrected chi connectivity index (χ2v) is 4.68. The van der Waals surface area contributed by atoms with Crippen LogP contribution >= 0.6 is 0 Å². The minimum Gasteiger partial charge on any atom is -0.490 e. The van der Waals surface area contributed by atoms with Crippen LogP contribution in [0.3, 0.4) is 0 Å². The smallest absolute Gasteiger partial charge is 0.163 e. The highest BCUT2D eigenvalue weighted by Gasteiger charge is 2.11. The van der Waals surface area contributed by atoms with Crippen LogP contribution < -0.4 is 14.8 Å². The molecule has 0 atom stereocenters. The summed E-state index contributed by atoms with van der Waals surface area (Å²) in [5.74, 6) is 0.912. The average molecular weight is 284 g/mol. The Morgan fingerprint density at radius 2 is 1.81 bits per heavy atom. The van der Waals surface area contributed by atoms with Gasteiger partial charge in [-0.1, -0.05) is 0 Å². The maximum atomic E-state index is 13.4. The molecule has 0 bridgehead atoms. The van der Waals surface area contributed by atoms with E-state index in [9.17, 15) is 4.39 Å². The zero-order valence-electron chi connectivity index (χ0n) is 11.2. The third-order valence-corrected chi connectivity index (χ3v) is 3.06. The fourth-order valence-electron chi connectivity index (χ4n) is 2.13. The van der Waals surface area contributed by atoms with E-state index in [-0.39, 0.29) is 5.56 Å². The Bertz CT molecular complexity index is 710. The fourth-order valence-corrected chi connectivity index (χ4v) is 2.13. The lowest BCUT2D eigenvalue weighted by Crippen LogP contribution is -1.97. The van der Waals surface area contributed by atoms with Gasteiger partial charge in [-0.15, -0.1) is 0 Å². The van der Waals surface area contributed by atoms with Crippen LogP contribution in [0, 0.1) is 17.1 Å². The molecule has 2 aromatic rings. The fraction of sp³-hybridized carbons (Fsp3) is 0.188. The van der Waals surface area contributed by atoms with Crippen LogP contribution in [-0.2, 0) is 0 Å². The van der Waals surface area contributed by atoms with E-state index < -0.39 is 5.82 Å². The molecule has 0 saturated heterocycles.